The zero-order valence-electron chi connectivity index (χ0n) is 13.7. The molecule has 3 aromatic rings. The van der Waals surface area contributed by atoms with Crippen molar-refractivity contribution in [1.29, 1.82) is 0 Å². The zero-order valence-corrected chi connectivity index (χ0v) is 13.7. The Kier molecular flexibility index (Phi) is 5.22. The number of carbonyl (C=O) groups is 1. The van der Waals surface area contributed by atoms with Gasteiger partial charge in [-0.25, -0.2) is 5.43 Å². The van der Waals surface area contributed by atoms with Crippen molar-refractivity contribution in [3.8, 4) is 5.75 Å². The van der Waals surface area contributed by atoms with Gasteiger partial charge in [0, 0.05) is 0 Å². The number of nitrogens with one attached hydrogen (secondary N) is 1. The Hall–Kier alpha value is -3.40. The largest absolute Gasteiger partial charge is 0.489 e. The third-order valence-electron chi connectivity index (χ3n) is 3.64. The molecule has 0 aromatic heterocycles. The summed E-state index contributed by atoms with van der Waals surface area (Å²) in [7, 11) is 0. The Morgan fingerprint density at radius 3 is 2.64 bits per heavy atom. The normalized spacial score (nSPS) is 10.7. The first-order chi connectivity index (χ1) is 12.3. The molecular weight excluding hydrogens is 312 g/mol. The molecule has 0 aliphatic heterocycles. The quantitative estimate of drug-likeness (QED) is 0.419. The van der Waals surface area contributed by atoms with Gasteiger partial charge in [-0.3, -0.25) is 4.79 Å². The minimum atomic E-state index is -0.322. The number of hydrazone groups is 1. The van der Waals surface area contributed by atoms with Crippen molar-refractivity contribution in [2.75, 3.05) is 6.61 Å². The summed E-state index contributed by atoms with van der Waals surface area (Å²) in [6.45, 7) is 3.94. The van der Waals surface area contributed by atoms with E-state index < -0.39 is 0 Å². The minimum Gasteiger partial charge on any atom is -0.489 e. The molecule has 4 heteroatoms. The van der Waals surface area contributed by atoms with Gasteiger partial charge in [0.1, 0.15) is 12.4 Å². The lowest BCUT2D eigenvalue weighted by molar-refractivity contribution is 0.0951. The molecule has 0 bridgehead atoms. The van der Waals surface area contributed by atoms with E-state index in [1.54, 1.807) is 30.5 Å². The molecule has 0 aliphatic rings. The third kappa shape index (κ3) is 4.12. The van der Waals surface area contributed by atoms with E-state index in [0.717, 1.165) is 16.3 Å². The molecule has 0 radical (unpaired) electrons. The maximum atomic E-state index is 12.3. The number of carbonyl (C=O) groups excluding carboxylic acids is 1. The van der Waals surface area contributed by atoms with Crippen molar-refractivity contribution in [3.63, 3.8) is 0 Å². The molecule has 25 heavy (non-hydrogen) atoms. The Bertz CT molecular complexity index is 932. The summed E-state index contributed by atoms with van der Waals surface area (Å²) >= 11 is 0. The fourth-order valence-electron chi connectivity index (χ4n) is 2.44. The van der Waals surface area contributed by atoms with Crippen LogP contribution >= 0.6 is 0 Å². The maximum Gasteiger partial charge on any atom is 0.275 e. The highest BCUT2D eigenvalue weighted by atomic mass is 16.5. The molecule has 1 amide bonds. The molecule has 124 valence electrons. The van der Waals surface area contributed by atoms with Crippen LogP contribution in [0.4, 0.5) is 0 Å². The van der Waals surface area contributed by atoms with E-state index in [-0.39, 0.29) is 5.91 Å². The maximum absolute atomic E-state index is 12.3. The molecular formula is C21H18N2O2. The smallest absolute Gasteiger partial charge is 0.275 e. The molecule has 0 saturated carbocycles. The van der Waals surface area contributed by atoms with E-state index in [2.05, 4.69) is 23.2 Å². The van der Waals surface area contributed by atoms with Crippen LogP contribution < -0.4 is 10.2 Å². The van der Waals surface area contributed by atoms with Crippen LogP contribution in [-0.4, -0.2) is 18.7 Å². The summed E-state index contributed by atoms with van der Waals surface area (Å²) in [5.74, 6) is 0.178. The van der Waals surface area contributed by atoms with E-state index in [1.807, 2.05) is 42.5 Å². The molecule has 1 N–H and O–H groups in total. The fourth-order valence-corrected chi connectivity index (χ4v) is 2.44. The first-order valence-electron chi connectivity index (χ1n) is 7.93. The van der Waals surface area contributed by atoms with E-state index >= 15 is 0 Å². The highest BCUT2D eigenvalue weighted by Gasteiger charge is 2.10. The summed E-state index contributed by atoms with van der Waals surface area (Å²) in [4.78, 5) is 12.3. The number of nitrogens with zero attached hydrogens (tertiary/aromatic N) is 1. The second-order valence-corrected chi connectivity index (χ2v) is 5.40. The molecule has 0 saturated heterocycles. The summed E-state index contributed by atoms with van der Waals surface area (Å²) < 4.78 is 5.49. The number of benzene rings is 3. The highest BCUT2D eigenvalue weighted by molar-refractivity contribution is 5.97. The van der Waals surface area contributed by atoms with E-state index in [1.165, 1.54) is 0 Å². The second-order valence-electron chi connectivity index (χ2n) is 5.40. The number of para-hydroxylation sites is 1. The molecule has 0 unspecified atom stereocenters. The first-order valence-corrected chi connectivity index (χ1v) is 7.93. The lowest BCUT2D eigenvalue weighted by Crippen LogP contribution is -2.18. The van der Waals surface area contributed by atoms with Gasteiger partial charge < -0.3 is 4.74 Å². The fraction of sp³-hybridized carbons (Fsp3) is 0.0476. The molecule has 0 heterocycles. The van der Waals surface area contributed by atoms with Crippen molar-refractivity contribution in [2.45, 2.75) is 0 Å². The van der Waals surface area contributed by atoms with Crippen LogP contribution in [0.5, 0.6) is 5.75 Å². The second kappa shape index (κ2) is 7.93. The van der Waals surface area contributed by atoms with Gasteiger partial charge in [0.25, 0.3) is 5.91 Å². The minimum absolute atomic E-state index is 0.322. The first kappa shape index (κ1) is 16.5. The van der Waals surface area contributed by atoms with Gasteiger partial charge in [-0.1, -0.05) is 61.2 Å². The van der Waals surface area contributed by atoms with Gasteiger partial charge in [-0.2, -0.15) is 5.10 Å². The summed E-state index contributed by atoms with van der Waals surface area (Å²) in [5.41, 5.74) is 3.88. The van der Waals surface area contributed by atoms with Crippen molar-refractivity contribution in [1.82, 2.24) is 5.43 Å². The molecule has 0 atom stereocenters. The Morgan fingerprint density at radius 1 is 1.04 bits per heavy atom. The van der Waals surface area contributed by atoms with Gasteiger partial charge in [0.2, 0.25) is 0 Å². The molecule has 0 aliphatic carbocycles. The number of fused-ring (bicyclic) bond motifs is 1. The van der Waals surface area contributed by atoms with Crippen molar-refractivity contribution in [2.24, 2.45) is 5.10 Å². The van der Waals surface area contributed by atoms with Crippen LogP contribution in [0, 0.1) is 0 Å². The van der Waals surface area contributed by atoms with Crippen LogP contribution in [-0.2, 0) is 0 Å². The average Bonchev–Trinajstić information content (AvgIpc) is 2.66. The highest BCUT2D eigenvalue weighted by Crippen LogP contribution is 2.18. The van der Waals surface area contributed by atoms with Crippen LogP contribution in [0.3, 0.4) is 0 Å². The molecule has 0 spiro atoms. The lowest BCUT2D eigenvalue weighted by atomic mass is 10.1. The number of hydrogen-bond acceptors (Lipinski definition) is 3. The number of amides is 1. The third-order valence-corrected chi connectivity index (χ3v) is 3.64. The molecule has 0 fully saturated rings. The summed E-state index contributed by atoms with van der Waals surface area (Å²) in [5, 5.41) is 6.34. The Labute approximate surface area is 146 Å². The van der Waals surface area contributed by atoms with Crippen LogP contribution in [0.2, 0.25) is 0 Å². The molecule has 4 nitrogen and oxygen atoms in total. The molecule has 3 aromatic carbocycles. The predicted octanol–water partition coefficient (Wildman–Crippen LogP) is 4.17. The zero-order chi connectivity index (χ0) is 17.5. The molecule has 3 rings (SSSR count). The van der Waals surface area contributed by atoms with E-state index in [0.29, 0.717) is 17.9 Å². The van der Waals surface area contributed by atoms with Crippen LogP contribution in [0.15, 0.2) is 84.5 Å². The summed E-state index contributed by atoms with van der Waals surface area (Å²) in [6.07, 6.45) is 3.25. The monoisotopic (exact) mass is 330 g/mol. The Balaban J connectivity index is 1.71. The van der Waals surface area contributed by atoms with Gasteiger partial charge in [0.15, 0.2) is 0 Å². The topological polar surface area (TPSA) is 50.7 Å². The van der Waals surface area contributed by atoms with Crippen LogP contribution in [0.1, 0.15) is 15.9 Å². The average molecular weight is 330 g/mol. The standard InChI is InChI=1S/C21H18N2O2/c1-2-13-25-20-10-6-5-9-19(20)21(24)23-22-15-16-11-12-17-7-3-4-8-18(17)14-16/h2-12,14-15H,1,13H2,(H,23,24)/b22-15+. The van der Waals surface area contributed by atoms with Gasteiger partial charge in [-0.15, -0.1) is 0 Å². The van der Waals surface area contributed by atoms with Gasteiger partial charge in [0.05, 0.1) is 11.8 Å². The Morgan fingerprint density at radius 2 is 1.80 bits per heavy atom. The SMILES string of the molecule is C=CCOc1ccccc1C(=O)N/N=C/c1ccc2ccccc2c1. The van der Waals surface area contributed by atoms with Crippen molar-refractivity contribution < 1.29 is 9.53 Å². The number of ether oxygens (including phenoxy) is 1. The van der Waals surface area contributed by atoms with E-state index in [4.69, 9.17) is 4.74 Å². The van der Waals surface area contributed by atoms with Gasteiger partial charge in [-0.05, 0) is 34.5 Å². The summed E-state index contributed by atoms with van der Waals surface area (Å²) in [6, 6.07) is 21.1. The number of hydrogen-bond donors (Lipinski definition) is 1. The predicted molar refractivity (Wildman–Crippen MR) is 101 cm³/mol. The van der Waals surface area contributed by atoms with Crippen molar-refractivity contribution >= 4 is 22.9 Å². The number of rotatable bonds is 6. The van der Waals surface area contributed by atoms with E-state index in [9.17, 15) is 4.79 Å². The van der Waals surface area contributed by atoms with Crippen molar-refractivity contribution in [3.05, 3.63) is 90.5 Å². The van der Waals surface area contributed by atoms with Crippen LogP contribution in [0.25, 0.3) is 10.8 Å². The lowest BCUT2D eigenvalue weighted by Gasteiger charge is -2.08. The van der Waals surface area contributed by atoms with Gasteiger partial charge >= 0.3 is 0 Å².